The first-order valence-electron chi connectivity index (χ1n) is 6.33. The Balaban J connectivity index is 2.07. The molecule has 0 saturated carbocycles. The Morgan fingerprint density at radius 1 is 1.35 bits per heavy atom. The van der Waals surface area contributed by atoms with Crippen LogP contribution >= 0.6 is 0 Å². The molecular weight excluding hydrogens is 259 g/mol. The Bertz CT molecular complexity index is 664. The molecule has 1 aliphatic heterocycles. The fraction of sp³-hybridized carbons (Fsp3) is 0.417. The molecule has 1 aliphatic rings. The number of aromatic nitrogens is 1. The first-order valence-corrected chi connectivity index (χ1v) is 6.33. The molecule has 20 heavy (non-hydrogen) atoms. The zero-order chi connectivity index (χ0) is 14.3. The summed E-state index contributed by atoms with van der Waals surface area (Å²) >= 11 is 0. The van der Waals surface area contributed by atoms with Gasteiger partial charge in [0.25, 0.3) is 0 Å². The average molecular weight is 272 g/mol. The zero-order valence-corrected chi connectivity index (χ0v) is 11.1. The van der Waals surface area contributed by atoms with Gasteiger partial charge in [-0.2, -0.15) is 0 Å². The summed E-state index contributed by atoms with van der Waals surface area (Å²) in [6.07, 6.45) is 0. The second-order valence-electron chi connectivity index (χ2n) is 4.97. The molecule has 8 heteroatoms. The minimum Gasteiger partial charge on any atom is -0.351 e. The van der Waals surface area contributed by atoms with Gasteiger partial charge >= 0.3 is 5.69 Å². The van der Waals surface area contributed by atoms with E-state index < -0.39 is 4.92 Å². The van der Waals surface area contributed by atoms with Gasteiger partial charge in [-0.25, -0.2) is 0 Å². The Labute approximate surface area is 116 Å². The molecule has 1 aromatic carbocycles. The number of likely N-dealkylation sites (N-methyl/N-ethyl adjacent to an activating group) is 1. The maximum Gasteiger partial charge on any atom is 0.314 e. The lowest BCUT2D eigenvalue weighted by molar-refractivity contribution is -0.383. The van der Waals surface area contributed by atoms with E-state index in [1.807, 2.05) is 0 Å². The van der Waals surface area contributed by atoms with Crippen LogP contribution in [0.15, 0.2) is 16.7 Å². The topological polar surface area (TPSA) is 75.6 Å². The maximum absolute atomic E-state index is 11.0. The second kappa shape index (κ2) is 4.79. The van der Waals surface area contributed by atoms with Crippen molar-refractivity contribution >= 4 is 35.8 Å². The van der Waals surface area contributed by atoms with Crippen molar-refractivity contribution in [3.8, 4) is 0 Å². The van der Waals surface area contributed by atoms with Gasteiger partial charge in [0.15, 0.2) is 5.82 Å². The van der Waals surface area contributed by atoms with E-state index >= 15 is 0 Å². The highest BCUT2D eigenvalue weighted by atomic mass is 16.6. The summed E-state index contributed by atoms with van der Waals surface area (Å²) in [5, 5.41) is 15.6. The van der Waals surface area contributed by atoms with Crippen LogP contribution in [0.4, 0.5) is 11.5 Å². The lowest BCUT2D eigenvalue weighted by Crippen LogP contribution is -2.44. The van der Waals surface area contributed by atoms with Crippen LogP contribution in [0, 0.1) is 10.1 Å². The van der Waals surface area contributed by atoms with E-state index in [1.54, 1.807) is 6.07 Å². The Hall–Kier alpha value is -2.09. The summed E-state index contributed by atoms with van der Waals surface area (Å²) in [6, 6.07) is 2.97. The van der Waals surface area contributed by atoms with Crippen molar-refractivity contribution in [1.82, 2.24) is 10.1 Å². The van der Waals surface area contributed by atoms with E-state index in [1.165, 1.54) is 6.07 Å². The van der Waals surface area contributed by atoms with Crippen molar-refractivity contribution in [3.63, 3.8) is 0 Å². The minimum atomic E-state index is -0.502. The van der Waals surface area contributed by atoms with E-state index in [9.17, 15) is 10.1 Å². The van der Waals surface area contributed by atoms with Gasteiger partial charge in [0.05, 0.1) is 10.3 Å². The quantitative estimate of drug-likeness (QED) is 0.444. The van der Waals surface area contributed by atoms with Gasteiger partial charge in [0, 0.05) is 32.2 Å². The summed E-state index contributed by atoms with van der Waals surface area (Å²) in [4.78, 5) is 14.8. The average Bonchev–Trinajstić information content (AvgIpc) is 2.82. The number of hydrogen-bond donors (Lipinski definition) is 0. The van der Waals surface area contributed by atoms with E-state index in [-0.39, 0.29) is 11.3 Å². The van der Waals surface area contributed by atoms with Crippen LogP contribution in [-0.2, 0) is 0 Å². The van der Waals surface area contributed by atoms with Crippen LogP contribution in [0.25, 0.3) is 11.0 Å². The maximum atomic E-state index is 11.0. The van der Waals surface area contributed by atoms with Crippen molar-refractivity contribution in [3.05, 3.63) is 22.2 Å². The molecule has 0 atom stereocenters. The predicted molar refractivity (Wildman–Crippen MR) is 75.8 cm³/mol. The minimum absolute atomic E-state index is 0.145. The summed E-state index contributed by atoms with van der Waals surface area (Å²) in [7, 11) is 7.80. The monoisotopic (exact) mass is 272 g/mol. The molecule has 0 spiro atoms. The van der Waals surface area contributed by atoms with Gasteiger partial charge < -0.3 is 14.3 Å². The molecule has 2 radical (unpaired) electrons. The Kier molecular flexibility index (Phi) is 3.09. The van der Waals surface area contributed by atoms with Crippen LogP contribution in [0.3, 0.4) is 0 Å². The number of nitro benzene ring substituents is 1. The van der Waals surface area contributed by atoms with E-state index in [4.69, 9.17) is 12.4 Å². The number of non-ortho nitro benzene ring substituents is 1. The van der Waals surface area contributed by atoms with Crippen molar-refractivity contribution in [2.45, 2.75) is 0 Å². The first kappa shape index (κ1) is 12.9. The number of piperazine rings is 1. The zero-order valence-electron chi connectivity index (χ0n) is 11.1. The third kappa shape index (κ3) is 2.11. The first-order chi connectivity index (χ1) is 9.56. The number of benzene rings is 1. The fourth-order valence-electron chi connectivity index (χ4n) is 2.42. The molecule has 3 rings (SSSR count). The molecule has 0 N–H and O–H groups in total. The normalized spacial score (nSPS) is 16.8. The molecule has 7 nitrogen and oxygen atoms in total. The van der Waals surface area contributed by atoms with Crippen molar-refractivity contribution in [1.29, 1.82) is 0 Å². The molecule has 0 bridgehead atoms. The van der Waals surface area contributed by atoms with Crippen molar-refractivity contribution < 1.29 is 9.45 Å². The molecule has 2 aromatic rings. The molecule has 102 valence electrons. The highest BCUT2D eigenvalue weighted by molar-refractivity contribution is 6.34. The third-order valence-electron chi connectivity index (χ3n) is 3.56. The van der Waals surface area contributed by atoms with Crippen LogP contribution in [0.1, 0.15) is 0 Å². The molecule has 1 aromatic heterocycles. The molecule has 0 unspecified atom stereocenters. The van der Waals surface area contributed by atoms with Gasteiger partial charge in [-0.05, 0) is 7.05 Å². The SMILES string of the molecule is [B]c1cc([N+](=O)[O-])c2onc(N3CCN(C)CC3)c2c1. The van der Waals surface area contributed by atoms with Crippen LogP contribution < -0.4 is 10.4 Å². The predicted octanol–water partition coefficient (Wildman–Crippen LogP) is 0.282. The van der Waals surface area contributed by atoms with E-state index in [0.29, 0.717) is 16.7 Å². The van der Waals surface area contributed by atoms with Gasteiger partial charge in [0.1, 0.15) is 7.85 Å². The molecular formula is C12H13BN4O3. The van der Waals surface area contributed by atoms with Crippen LogP contribution in [0.2, 0.25) is 0 Å². The number of rotatable bonds is 2. The fourth-order valence-corrected chi connectivity index (χ4v) is 2.42. The summed E-state index contributed by atoms with van der Waals surface area (Å²) < 4.78 is 5.17. The standard InChI is InChI=1S/C12H13BN4O3/c1-15-2-4-16(5-3-15)12-9-6-8(13)7-10(17(18)19)11(9)20-14-12/h6-7H,2-5H2,1H3. The van der Waals surface area contributed by atoms with E-state index in [2.05, 4.69) is 22.0 Å². The van der Waals surface area contributed by atoms with Crippen molar-refractivity contribution in [2.24, 2.45) is 0 Å². The molecule has 2 heterocycles. The highest BCUT2D eigenvalue weighted by Crippen LogP contribution is 2.31. The van der Waals surface area contributed by atoms with Gasteiger partial charge in [-0.1, -0.05) is 16.7 Å². The Morgan fingerprint density at radius 3 is 2.70 bits per heavy atom. The Morgan fingerprint density at radius 2 is 2.05 bits per heavy atom. The van der Waals surface area contributed by atoms with Gasteiger partial charge in [0.2, 0.25) is 5.58 Å². The molecule has 0 aliphatic carbocycles. The van der Waals surface area contributed by atoms with Gasteiger partial charge in [-0.3, -0.25) is 10.1 Å². The van der Waals surface area contributed by atoms with Crippen LogP contribution in [0.5, 0.6) is 0 Å². The second-order valence-corrected chi connectivity index (χ2v) is 4.97. The summed E-state index contributed by atoms with van der Waals surface area (Å²) in [5.41, 5.74) is 0.369. The van der Waals surface area contributed by atoms with Gasteiger partial charge in [-0.15, -0.1) is 0 Å². The molecule has 1 fully saturated rings. The number of nitro groups is 1. The molecule has 1 saturated heterocycles. The number of nitrogens with zero attached hydrogens (tertiary/aromatic N) is 4. The van der Waals surface area contributed by atoms with E-state index in [0.717, 1.165) is 26.2 Å². The number of hydrogen-bond acceptors (Lipinski definition) is 6. The van der Waals surface area contributed by atoms with Crippen LogP contribution in [-0.4, -0.2) is 56.1 Å². The molecule has 0 amide bonds. The smallest absolute Gasteiger partial charge is 0.314 e. The lowest BCUT2D eigenvalue weighted by Gasteiger charge is -2.32. The number of anilines is 1. The summed E-state index contributed by atoms with van der Waals surface area (Å²) in [5.74, 6) is 0.628. The lowest BCUT2D eigenvalue weighted by atomic mass is 9.94. The largest absolute Gasteiger partial charge is 0.351 e. The highest BCUT2D eigenvalue weighted by Gasteiger charge is 2.24. The number of fused-ring (bicyclic) bond motifs is 1. The van der Waals surface area contributed by atoms with Crippen molar-refractivity contribution in [2.75, 3.05) is 38.1 Å². The summed E-state index contributed by atoms with van der Waals surface area (Å²) in [6.45, 7) is 3.44. The third-order valence-corrected chi connectivity index (χ3v) is 3.56.